The topological polar surface area (TPSA) is 56.7 Å². The van der Waals surface area contributed by atoms with Gasteiger partial charge in [0.2, 0.25) is 5.91 Å². The molecule has 19 heavy (non-hydrogen) atoms. The minimum atomic E-state index is 0.0438. The Labute approximate surface area is 116 Å². The molecule has 1 aliphatic rings. The standard InChI is InChI=1S/C14H28N4O/c1-11(2)13(19)16-7-8-17-14(15-4)18-9-5-6-12(3)10-18/h11-12H,5-10H2,1-4H3,(H,15,17)(H,16,19). The summed E-state index contributed by atoms with van der Waals surface area (Å²) in [5, 5.41) is 6.21. The Bertz CT molecular complexity index is 315. The van der Waals surface area contributed by atoms with Crippen LogP contribution in [0.4, 0.5) is 0 Å². The summed E-state index contributed by atoms with van der Waals surface area (Å²) in [5.74, 6) is 1.82. The van der Waals surface area contributed by atoms with E-state index < -0.39 is 0 Å². The van der Waals surface area contributed by atoms with Crippen LogP contribution in [-0.4, -0.2) is 50.0 Å². The number of rotatable bonds is 4. The van der Waals surface area contributed by atoms with E-state index in [1.807, 2.05) is 20.9 Å². The van der Waals surface area contributed by atoms with Crippen LogP contribution in [0, 0.1) is 11.8 Å². The molecule has 5 heteroatoms. The van der Waals surface area contributed by atoms with Gasteiger partial charge >= 0.3 is 0 Å². The van der Waals surface area contributed by atoms with Gasteiger partial charge < -0.3 is 15.5 Å². The van der Waals surface area contributed by atoms with E-state index in [4.69, 9.17) is 0 Å². The average Bonchev–Trinajstić information content (AvgIpc) is 2.38. The maximum absolute atomic E-state index is 11.4. The van der Waals surface area contributed by atoms with Crippen LogP contribution in [-0.2, 0) is 4.79 Å². The molecule has 1 rings (SSSR count). The molecule has 0 bridgehead atoms. The molecule has 0 saturated carbocycles. The SMILES string of the molecule is CN=C(NCCNC(=O)C(C)C)N1CCCC(C)C1. The lowest BCUT2D eigenvalue weighted by Crippen LogP contribution is -2.48. The van der Waals surface area contributed by atoms with Crippen molar-refractivity contribution in [2.75, 3.05) is 33.2 Å². The number of aliphatic imine (C=N–C) groups is 1. The van der Waals surface area contributed by atoms with Crippen LogP contribution in [0.3, 0.4) is 0 Å². The van der Waals surface area contributed by atoms with Gasteiger partial charge in [0.1, 0.15) is 0 Å². The molecule has 1 unspecified atom stereocenters. The Kier molecular flexibility index (Phi) is 6.67. The Morgan fingerprint density at radius 3 is 2.63 bits per heavy atom. The molecule has 0 aromatic rings. The van der Waals surface area contributed by atoms with Crippen LogP contribution >= 0.6 is 0 Å². The summed E-state index contributed by atoms with van der Waals surface area (Å²) < 4.78 is 0. The third-order valence-corrected chi connectivity index (χ3v) is 3.40. The van der Waals surface area contributed by atoms with Crippen LogP contribution in [0.1, 0.15) is 33.6 Å². The highest BCUT2D eigenvalue weighted by Crippen LogP contribution is 2.15. The predicted octanol–water partition coefficient (Wildman–Crippen LogP) is 1.07. The van der Waals surface area contributed by atoms with Crippen molar-refractivity contribution in [1.29, 1.82) is 0 Å². The molecule has 1 saturated heterocycles. The van der Waals surface area contributed by atoms with Gasteiger partial charge in [0.25, 0.3) is 0 Å². The van der Waals surface area contributed by atoms with Gasteiger partial charge in [0, 0.05) is 39.1 Å². The summed E-state index contributed by atoms with van der Waals surface area (Å²) in [4.78, 5) is 18.0. The molecule has 0 aromatic carbocycles. The summed E-state index contributed by atoms with van der Waals surface area (Å²) in [5.41, 5.74) is 0. The third kappa shape index (κ3) is 5.49. The number of hydrogen-bond acceptors (Lipinski definition) is 2. The van der Waals surface area contributed by atoms with E-state index in [0.717, 1.165) is 31.5 Å². The Morgan fingerprint density at radius 1 is 1.37 bits per heavy atom. The molecule has 0 spiro atoms. The molecule has 1 amide bonds. The van der Waals surface area contributed by atoms with Crippen LogP contribution in [0.5, 0.6) is 0 Å². The second-order valence-electron chi connectivity index (χ2n) is 5.61. The molecule has 2 N–H and O–H groups in total. The number of piperidine rings is 1. The van der Waals surface area contributed by atoms with Crippen molar-refractivity contribution >= 4 is 11.9 Å². The van der Waals surface area contributed by atoms with E-state index in [2.05, 4.69) is 27.4 Å². The second-order valence-corrected chi connectivity index (χ2v) is 5.61. The lowest BCUT2D eigenvalue weighted by molar-refractivity contribution is -0.123. The van der Waals surface area contributed by atoms with Crippen molar-refractivity contribution in [3.05, 3.63) is 0 Å². The fourth-order valence-corrected chi connectivity index (χ4v) is 2.28. The normalized spacial score (nSPS) is 20.6. The van der Waals surface area contributed by atoms with Gasteiger partial charge in [0.05, 0.1) is 0 Å². The molecule has 1 heterocycles. The zero-order valence-electron chi connectivity index (χ0n) is 12.7. The highest BCUT2D eigenvalue weighted by Gasteiger charge is 2.18. The summed E-state index contributed by atoms with van der Waals surface area (Å²) in [6.07, 6.45) is 2.53. The highest BCUT2D eigenvalue weighted by molar-refractivity contribution is 5.80. The molecule has 1 aliphatic heterocycles. The molecule has 5 nitrogen and oxygen atoms in total. The van der Waals surface area contributed by atoms with Crippen molar-refractivity contribution in [3.8, 4) is 0 Å². The predicted molar refractivity (Wildman–Crippen MR) is 79.2 cm³/mol. The highest BCUT2D eigenvalue weighted by atomic mass is 16.1. The Morgan fingerprint density at radius 2 is 2.05 bits per heavy atom. The quantitative estimate of drug-likeness (QED) is 0.455. The number of carbonyl (C=O) groups is 1. The van der Waals surface area contributed by atoms with Gasteiger partial charge in [-0.2, -0.15) is 0 Å². The number of nitrogens with zero attached hydrogens (tertiary/aromatic N) is 2. The lowest BCUT2D eigenvalue weighted by atomic mass is 10.0. The van der Waals surface area contributed by atoms with Gasteiger partial charge in [-0.1, -0.05) is 20.8 Å². The number of nitrogens with one attached hydrogen (secondary N) is 2. The summed E-state index contributed by atoms with van der Waals surface area (Å²) >= 11 is 0. The monoisotopic (exact) mass is 268 g/mol. The van der Waals surface area contributed by atoms with Gasteiger partial charge in [-0.3, -0.25) is 9.79 Å². The molecule has 0 radical (unpaired) electrons. The zero-order chi connectivity index (χ0) is 14.3. The third-order valence-electron chi connectivity index (χ3n) is 3.40. The van der Waals surface area contributed by atoms with Crippen LogP contribution in [0.15, 0.2) is 4.99 Å². The maximum atomic E-state index is 11.4. The largest absolute Gasteiger partial charge is 0.354 e. The van der Waals surface area contributed by atoms with Crippen molar-refractivity contribution in [3.63, 3.8) is 0 Å². The fraction of sp³-hybridized carbons (Fsp3) is 0.857. The van der Waals surface area contributed by atoms with Crippen molar-refractivity contribution < 1.29 is 4.79 Å². The van der Waals surface area contributed by atoms with Crippen LogP contribution in [0.25, 0.3) is 0 Å². The first kappa shape index (κ1) is 15.8. The average molecular weight is 268 g/mol. The number of hydrogen-bond donors (Lipinski definition) is 2. The molecule has 110 valence electrons. The van der Waals surface area contributed by atoms with Gasteiger partial charge in [-0.05, 0) is 18.8 Å². The number of likely N-dealkylation sites (tertiary alicyclic amines) is 1. The van der Waals surface area contributed by atoms with E-state index in [1.165, 1.54) is 12.8 Å². The fourth-order valence-electron chi connectivity index (χ4n) is 2.28. The minimum absolute atomic E-state index is 0.0438. The molecule has 0 aliphatic carbocycles. The first-order chi connectivity index (χ1) is 9.04. The maximum Gasteiger partial charge on any atom is 0.222 e. The zero-order valence-corrected chi connectivity index (χ0v) is 12.7. The minimum Gasteiger partial charge on any atom is -0.354 e. The van der Waals surface area contributed by atoms with Crippen molar-refractivity contribution in [1.82, 2.24) is 15.5 Å². The van der Waals surface area contributed by atoms with Crippen LogP contribution < -0.4 is 10.6 Å². The van der Waals surface area contributed by atoms with Gasteiger partial charge in [-0.25, -0.2) is 0 Å². The first-order valence-electron chi connectivity index (χ1n) is 7.28. The molecular formula is C14H28N4O. The molecule has 0 aromatic heterocycles. The van der Waals surface area contributed by atoms with E-state index in [-0.39, 0.29) is 11.8 Å². The van der Waals surface area contributed by atoms with E-state index in [0.29, 0.717) is 6.54 Å². The first-order valence-corrected chi connectivity index (χ1v) is 7.28. The number of amides is 1. The number of carbonyl (C=O) groups excluding carboxylic acids is 1. The Balaban J connectivity index is 2.27. The summed E-state index contributed by atoms with van der Waals surface area (Å²) in [6, 6.07) is 0. The van der Waals surface area contributed by atoms with E-state index in [1.54, 1.807) is 0 Å². The smallest absolute Gasteiger partial charge is 0.222 e. The Hall–Kier alpha value is -1.26. The summed E-state index contributed by atoms with van der Waals surface area (Å²) in [6.45, 7) is 9.58. The van der Waals surface area contributed by atoms with Crippen molar-refractivity contribution in [2.24, 2.45) is 16.8 Å². The second kappa shape index (κ2) is 8.02. The molecule has 1 atom stereocenters. The van der Waals surface area contributed by atoms with Crippen LogP contribution in [0.2, 0.25) is 0 Å². The molecular weight excluding hydrogens is 240 g/mol. The summed E-state index contributed by atoms with van der Waals surface area (Å²) in [7, 11) is 1.81. The van der Waals surface area contributed by atoms with E-state index in [9.17, 15) is 4.79 Å². The van der Waals surface area contributed by atoms with Gasteiger partial charge in [-0.15, -0.1) is 0 Å². The van der Waals surface area contributed by atoms with Crippen molar-refractivity contribution in [2.45, 2.75) is 33.6 Å². The lowest BCUT2D eigenvalue weighted by Gasteiger charge is -2.33. The van der Waals surface area contributed by atoms with Gasteiger partial charge in [0.15, 0.2) is 5.96 Å². The molecule has 1 fully saturated rings. The number of guanidine groups is 1. The van der Waals surface area contributed by atoms with E-state index >= 15 is 0 Å².